The van der Waals surface area contributed by atoms with Crippen molar-refractivity contribution in [2.24, 2.45) is 11.7 Å². The van der Waals surface area contributed by atoms with E-state index in [9.17, 15) is 19.1 Å². The van der Waals surface area contributed by atoms with Gasteiger partial charge in [-0.25, -0.2) is 8.78 Å². The molecule has 1 saturated carbocycles. The Kier molecular flexibility index (Phi) is 7.11. The molecule has 1 fully saturated rings. The summed E-state index contributed by atoms with van der Waals surface area (Å²) >= 11 is 6.56. The molecule has 3 aromatic carbocycles. The summed E-state index contributed by atoms with van der Waals surface area (Å²) in [7, 11) is 0. The maximum atomic E-state index is 15.2. The summed E-state index contributed by atoms with van der Waals surface area (Å²) < 4.78 is 36.2. The van der Waals surface area contributed by atoms with Gasteiger partial charge in [-0.3, -0.25) is 9.59 Å². The Bertz CT molecular complexity index is 1390. The van der Waals surface area contributed by atoms with E-state index in [0.717, 1.165) is 30.5 Å². The number of carboxylic acids is 1. The summed E-state index contributed by atoms with van der Waals surface area (Å²) in [5.41, 5.74) is 5.76. The van der Waals surface area contributed by atoms with Crippen molar-refractivity contribution in [3.63, 3.8) is 0 Å². The third-order valence-corrected chi connectivity index (χ3v) is 7.96. The largest absolute Gasteiger partial charge is 0.481 e. The van der Waals surface area contributed by atoms with Crippen molar-refractivity contribution in [2.75, 3.05) is 6.54 Å². The Hall–Kier alpha value is -3.49. The minimum atomic E-state index is -1.21. The van der Waals surface area contributed by atoms with Crippen LogP contribution in [0.2, 0.25) is 5.02 Å². The number of carbonyl (C=O) groups excluding carboxylic acids is 1. The quantitative estimate of drug-likeness (QED) is 0.370. The molecule has 1 amide bonds. The van der Waals surface area contributed by atoms with E-state index in [1.807, 2.05) is 30.3 Å². The van der Waals surface area contributed by atoms with Crippen molar-refractivity contribution in [1.29, 1.82) is 0 Å². The molecule has 1 aliphatic carbocycles. The molecule has 3 aromatic rings. The lowest BCUT2D eigenvalue weighted by Gasteiger charge is -2.34. The second-order valence-corrected chi connectivity index (χ2v) is 10.4. The summed E-state index contributed by atoms with van der Waals surface area (Å²) in [6.07, 6.45) is 2.92. The zero-order chi connectivity index (χ0) is 27.0. The van der Waals surface area contributed by atoms with Gasteiger partial charge >= 0.3 is 5.97 Å². The monoisotopic (exact) mass is 540 g/mol. The van der Waals surface area contributed by atoms with Crippen molar-refractivity contribution in [3.05, 3.63) is 87.9 Å². The minimum Gasteiger partial charge on any atom is -0.481 e. The molecule has 9 heteroatoms. The maximum absolute atomic E-state index is 15.2. The van der Waals surface area contributed by atoms with Crippen LogP contribution >= 0.6 is 11.6 Å². The van der Waals surface area contributed by atoms with E-state index in [2.05, 4.69) is 5.32 Å². The third kappa shape index (κ3) is 4.74. The van der Waals surface area contributed by atoms with Crippen LogP contribution in [0.4, 0.5) is 8.78 Å². The second kappa shape index (κ2) is 10.3. The second-order valence-electron chi connectivity index (χ2n) is 9.95. The lowest BCUT2D eigenvalue weighted by atomic mass is 9.83. The van der Waals surface area contributed by atoms with Gasteiger partial charge in [0.2, 0.25) is 5.91 Å². The number of benzene rings is 3. The van der Waals surface area contributed by atoms with Crippen LogP contribution in [-0.2, 0) is 16.8 Å². The number of rotatable bonds is 7. The number of hydrogen-bond donors (Lipinski definition) is 3. The predicted octanol–water partition coefficient (Wildman–Crippen LogP) is 5.45. The number of carbonyl (C=O) groups is 2. The average Bonchev–Trinajstić information content (AvgIpc) is 3.30. The molecule has 4 N–H and O–H groups in total. The molecule has 6 nitrogen and oxygen atoms in total. The van der Waals surface area contributed by atoms with Gasteiger partial charge in [-0.15, -0.1) is 0 Å². The van der Waals surface area contributed by atoms with E-state index in [1.54, 1.807) is 6.07 Å². The summed E-state index contributed by atoms with van der Waals surface area (Å²) in [6, 6.07) is 14.9. The Morgan fingerprint density at radius 2 is 1.74 bits per heavy atom. The zero-order valence-electron chi connectivity index (χ0n) is 20.5. The Balaban J connectivity index is 1.53. The van der Waals surface area contributed by atoms with Crippen LogP contribution in [0, 0.1) is 17.6 Å². The molecule has 0 saturated heterocycles. The van der Waals surface area contributed by atoms with Gasteiger partial charge in [-0.2, -0.15) is 0 Å². The molecule has 38 heavy (non-hydrogen) atoms. The number of carboxylic acid groups (broad SMARTS) is 1. The first-order valence-electron chi connectivity index (χ1n) is 12.5. The van der Waals surface area contributed by atoms with Crippen LogP contribution in [0.5, 0.6) is 5.75 Å². The number of nitrogens with one attached hydrogen (secondary N) is 1. The van der Waals surface area contributed by atoms with Crippen LogP contribution < -0.4 is 15.8 Å². The highest BCUT2D eigenvalue weighted by Crippen LogP contribution is 2.49. The molecule has 2 aliphatic rings. The van der Waals surface area contributed by atoms with E-state index >= 15 is 4.39 Å². The molecule has 1 aliphatic heterocycles. The van der Waals surface area contributed by atoms with Gasteiger partial charge in [0.15, 0.2) is 17.2 Å². The lowest BCUT2D eigenvalue weighted by molar-refractivity contribution is -0.142. The number of fused-ring (bicyclic) bond motifs is 1. The predicted molar refractivity (Wildman–Crippen MR) is 139 cm³/mol. The number of nitrogens with two attached hydrogens (primary N) is 1. The fourth-order valence-electron chi connectivity index (χ4n) is 5.63. The highest BCUT2D eigenvalue weighted by atomic mass is 35.5. The third-order valence-electron chi connectivity index (χ3n) is 7.65. The first-order chi connectivity index (χ1) is 18.2. The molecule has 0 radical (unpaired) electrons. The lowest BCUT2D eigenvalue weighted by Crippen LogP contribution is -2.46. The van der Waals surface area contributed by atoms with Crippen molar-refractivity contribution >= 4 is 23.5 Å². The Labute approximate surface area is 223 Å². The minimum absolute atomic E-state index is 0.115. The van der Waals surface area contributed by atoms with E-state index in [0.29, 0.717) is 30.7 Å². The normalized spacial score (nSPS) is 22.5. The highest BCUT2D eigenvalue weighted by Gasteiger charge is 2.44. The molecule has 1 heterocycles. The molecular weight excluding hydrogens is 514 g/mol. The molecule has 5 rings (SSSR count). The molecule has 198 valence electrons. The summed E-state index contributed by atoms with van der Waals surface area (Å²) in [5, 5.41) is 13.0. The van der Waals surface area contributed by atoms with Crippen LogP contribution in [0.25, 0.3) is 11.1 Å². The van der Waals surface area contributed by atoms with Crippen LogP contribution in [0.15, 0.2) is 54.6 Å². The molecule has 0 aromatic heterocycles. The number of hydrogen-bond acceptors (Lipinski definition) is 4. The number of aliphatic carboxylic acids is 1. The van der Waals surface area contributed by atoms with Gasteiger partial charge in [-0.05, 0) is 55.5 Å². The summed E-state index contributed by atoms with van der Waals surface area (Å²) in [5.74, 6) is -3.87. The van der Waals surface area contributed by atoms with Crippen molar-refractivity contribution in [1.82, 2.24) is 5.32 Å². The standard InChI is InChI=1S/C29H27ClF2N2O4/c30-21-11-13-23-20(24(21)25-19(27(33)35)10-12-22(31)26(25)32)14-29(38-23,17-4-2-1-3-5-17)15-34-18-8-6-16(7-9-18)28(36)37/h1-5,10-13,16,18,34H,6-9,14-15H2,(H2,33,35)(H,36,37)/t16?,18?,29-/m1/s1. The molecule has 0 bridgehead atoms. The Morgan fingerprint density at radius 3 is 2.39 bits per heavy atom. The highest BCUT2D eigenvalue weighted by molar-refractivity contribution is 6.34. The van der Waals surface area contributed by atoms with Crippen LogP contribution in [0.1, 0.15) is 47.2 Å². The van der Waals surface area contributed by atoms with E-state index in [4.69, 9.17) is 22.1 Å². The van der Waals surface area contributed by atoms with Crippen molar-refractivity contribution in [3.8, 4) is 16.9 Å². The summed E-state index contributed by atoms with van der Waals surface area (Å²) in [6.45, 7) is 0.388. The Morgan fingerprint density at radius 1 is 1.03 bits per heavy atom. The molecule has 0 unspecified atom stereocenters. The first kappa shape index (κ1) is 26.1. The van der Waals surface area contributed by atoms with E-state index < -0.39 is 29.1 Å². The summed E-state index contributed by atoms with van der Waals surface area (Å²) in [4.78, 5) is 23.5. The first-order valence-corrected chi connectivity index (χ1v) is 12.9. The zero-order valence-corrected chi connectivity index (χ0v) is 21.2. The molecule has 0 spiro atoms. The van der Waals surface area contributed by atoms with Gasteiger partial charge < -0.3 is 20.9 Å². The van der Waals surface area contributed by atoms with Gasteiger partial charge in [-0.1, -0.05) is 41.9 Å². The van der Waals surface area contributed by atoms with Crippen LogP contribution in [-0.4, -0.2) is 29.6 Å². The fourth-order valence-corrected chi connectivity index (χ4v) is 5.90. The van der Waals surface area contributed by atoms with Gasteiger partial charge in [0.25, 0.3) is 0 Å². The van der Waals surface area contributed by atoms with Crippen molar-refractivity contribution in [2.45, 2.75) is 43.7 Å². The fraction of sp³-hybridized carbons (Fsp3) is 0.310. The average molecular weight is 541 g/mol. The van der Waals surface area contributed by atoms with Gasteiger partial charge in [0, 0.05) is 40.7 Å². The van der Waals surface area contributed by atoms with Crippen molar-refractivity contribution < 1.29 is 28.2 Å². The van der Waals surface area contributed by atoms with E-state index in [1.165, 1.54) is 6.07 Å². The smallest absolute Gasteiger partial charge is 0.306 e. The number of ether oxygens (including phenoxy) is 1. The molecular formula is C29H27ClF2N2O4. The molecule has 1 atom stereocenters. The van der Waals surface area contributed by atoms with Crippen LogP contribution in [0.3, 0.4) is 0 Å². The van der Waals surface area contributed by atoms with E-state index in [-0.39, 0.29) is 40.1 Å². The number of halogens is 3. The SMILES string of the molecule is NC(=O)c1ccc(F)c(F)c1-c1c(Cl)ccc2c1C[C@@](CNC1CCC(C(=O)O)CC1)(c1ccccc1)O2. The van der Waals surface area contributed by atoms with Gasteiger partial charge in [0.1, 0.15) is 5.75 Å². The number of primary amides is 1. The number of amides is 1. The van der Waals surface area contributed by atoms with Gasteiger partial charge in [0.05, 0.1) is 11.5 Å². The topological polar surface area (TPSA) is 102 Å². The maximum Gasteiger partial charge on any atom is 0.306 e.